The van der Waals surface area contributed by atoms with Gasteiger partial charge in [-0.15, -0.1) is 0 Å². The second-order valence-corrected chi connectivity index (χ2v) is 4.85. The Kier molecular flexibility index (Phi) is 7.11. The molecule has 0 saturated carbocycles. The summed E-state index contributed by atoms with van der Waals surface area (Å²) in [6.45, 7) is -0.0374. The zero-order valence-corrected chi connectivity index (χ0v) is 12.3. The number of hydrogen-bond donors (Lipinski definition) is 2. The van der Waals surface area contributed by atoms with Gasteiger partial charge in [0, 0.05) is 0 Å². The number of rotatable bonds is 3. The van der Waals surface area contributed by atoms with E-state index in [0.717, 1.165) is 5.56 Å². The van der Waals surface area contributed by atoms with E-state index in [2.05, 4.69) is 3.73 Å². The van der Waals surface area contributed by atoms with E-state index in [-0.39, 0.29) is 59.4 Å². The molecule has 0 aromatic heterocycles. The molecule has 0 radical (unpaired) electrons. The Morgan fingerprint density at radius 2 is 1.85 bits per heavy atom. The van der Waals surface area contributed by atoms with Gasteiger partial charge in [0.05, 0.1) is 0 Å². The number of hydrogen-bond acceptors (Lipinski definition) is 2. The molecule has 1 aromatic carbocycles. The molecule has 6 heteroatoms. The van der Waals surface area contributed by atoms with Crippen molar-refractivity contribution in [1.82, 2.24) is 0 Å². The summed E-state index contributed by atoms with van der Waals surface area (Å²) in [7, 11) is 0. The first kappa shape index (κ1) is 14.1. The molecule has 0 bridgehead atoms. The van der Waals surface area contributed by atoms with Crippen LogP contribution < -0.4 is 51.4 Å². The largest absolute Gasteiger partial charge is 1.00 e. The first-order chi connectivity index (χ1) is 5.58. The molecule has 1 rings (SSSR count). The Labute approximate surface area is 124 Å². The third-order valence-corrected chi connectivity index (χ3v) is 2.22. The molecule has 0 spiro atoms. The van der Waals surface area contributed by atoms with Gasteiger partial charge < -0.3 is 1.43 Å². The van der Waals surface area contributed by atoms with Gasteiger partial charge in [-0.2, -0.15) is 0 Å². The van der Waals surface area contributed by atoms with Gasteiger partial charge in [0.1, 0.15) is 0 Å². The summed E-state index contributed by atoms with van der Waals surface area (Å²) in [5.74, 6) is 0. The maximum Gasteiger partial charge on any atom is 1.00 e. The molecule has 0 aliphatic rings. The minimum atomic E-state index is -4.90. The van der Waals surface area contributed by atoms with Crippen molar-refractivity contribution in [2.75, 3.05) is 0 Å². The molecule has 0 saturated heterocycles. The van der Waals surface area contributed by atoms with E-state index in [0.29, 0.717) is 0 Å². The predicted octanol–water partition coefficient (Wildman–Crippen LogP) is -2.83. The molecule has 0 aliphatic heterocycles. The summed E-state index contributed by atoms with van der Waals surface area (Å²) >= 11 is -4.90. The average molecular weight is 272 g/mol. The molecule has 4 nitrogen and oxygen atoms in total. The predicted molar refractivity (Wildman–Crippen MR) is 43.2 cm³/mol. The fraction of sp³-hybridized carbons (Fsp3) is 0.143. The van der Waals surface area contributed by atoms with Crippen molar-refractivity contribution in [3.63, 3.8) is 0 Å². The minimum absolute atomic E-state index is 0. The Morgan fingerprint density at radius 3 is 2.31 bits per heavy atom. The van der Waals surface area contributed by atoms with Crippen molar-refractivity contribution in [3.05, 3.63) is 35.9 Å². The molecule has 68 valence electrons. The van der Waals surface area contributed by atoms with Crippen molar-refractivity contribution >= 4 is 14.5 Å². The van der Waals surface area contributed by atoms with Crippen LogP contribution in [0.25, 0.3) is 0 Å². The molecular formula is C7H10AsKO4. The van der Waals surface area contributed by atoms with Crippen molar-refractivity contribution < 1.29 is 68.5 Å². The maximum absolute atomic E-state index is 10.3. The minimum Gasteiger partial charge on any atom is -1.00 e. The summed E-state index contributed by atoms with van der Waals surface area (Å²) in [4.78, 5) is 0. The standard InChI is InChI=1S/C7H9AsO4.K.H/c9-8(10,11)12-6-7-4-2-1-3-5-7;;/h1-5H,6H2,(H2,9,10,11);;/q;+1;-1. The van der Waals surface area contributed by atoms with Crippen LogP contribution in [0, 0.1) is 0 Å². The fourth-order valence-corrected chi connectivity index (χ4v) is 1.40. The monoisotopic (exact) mass is 272 g/mol. The third-order valence-electron chi connectivity index (χ3n) is 1.24. The van der Waals surface area contributed by atoms with Crippen LogP contribution in [-0.4, -0.2) is 22.7 Å². The van der Waals surface area contributed by atoms with Crippen molar-refractivity contribution in [3.8, 4) is 0 Å². The summed E-state index contributed by atoms with van der Waals surface area (Å²) in [5, 5.41) is 0. The first-order valence-electron chi connectivity index (χ1n) is 3.32. The SMILES string of the molecule is O=[As](O)(O)OCc1ccccc1.[H-].[K+]. The van der Waals surface area contributed by atoms with Gasteiger partial charge in [0.15, 0.2) is 0 Å². The maximum atomic E-state index is 10.3. The van der Waals surface area contributed by atoms with E-state index >= 15 is 0 Å². The Bertz CT molecular complexity index is 289. The molecule has 0 atom stereocenters. The van der Waals surface area contributed by atoms with E-state index in [1.807, 2.05) is 6.07 Å². The topological polar surface area (TPSA) is 66.8 Å². The summed E-state index contributed by atoms with van der Waals surface area (Å²) in [6.07, 6.45) is 0. The fourth-order valence-electron chi connectivity index (χ4n) is 0.733. The molecule has 13 heavy (non-hydrogen) atoms. The molecule has 0 heterocycles. The van der Waals surface area contributed by atoms with Crippen LogP contribution in [0.1, 0.15) is 6.99 Å². The Morgan fingerprint density at radius 1 is 1.31 bits per heavy atom. The van der Waals surface area contributed by atoms with Gasteiger partial charge in [-0.1, -0.05) is 0 Å². The van der Waals surface area contributed by atoms with Crippen LogP contribution >= 0.6 is 0 Å². The van der Waals surface area contributed by atoms with Gasteiger partial charge in [-0.05, 0) is 0 Å². The second-order valence-electron chi connectivity index (χ2n) is 2.25. The van der Waals surface area contributed by atoms with Crippen molar-refractivity contribution in [1.29, 1.82) is 0 Å². The average Bonchev–Trinajstić information content (AvgIpc) is 2.02. The van der Waals surface area contributed by atoms with Crippen LogP contribution in [0.3, 0.4) is 0 Å². The van der Waals surface area contributed by atoms with Gasteiger partial charge in [-0.3, -0.25) is 0 Å². The molecular weight excluding hydrogens is 262 g/mol. The van der Waals surface area contributed by atoms with Gasteiger partial charge in [-0.25, -0.2) is 0 Å². The zero-order chi connectivity index (χ0) is 9.03. The van der Waals surface area contributed by atoms with E-state index in [4.69, 9.17) is 8.19 Å². The summed E-state index contributed by atoms with van der Waals surface area (Å²) < 4.78 is 31.5. The third kappa shape index (κ3) is 7.07. The zero-order valence-electron chi connectivity index (χ0n) is 8.25. The second kappa shape index (κ2) is 6.55. The molecule has 2 N–H and O–H groups in total. The molecule has 1 aromatic rings. The van der Waals surface area contributed by atoms with Crippen molar-refractivity contribution in [2.24, 2.45) is 0 Å². The van der Waals surface area contributed by atoms with Gasteiger partial charge in [0.25, 0.3) is 0 Å². The van der Waals surface area contributed by atoms with E-state index in [9.17, 15) is 3.74 Å². The Hall–Kier alpha value is 1.09. The first-order valence-corrected chi connectivity index (χ1v) is 6.53. The van der Waals surface area contributed by atoms with Crippen molar-refractivity contribution in [2.45, 2.75) is 6.61 Å². The van der Waals surface area contributed by atoms with E-state index in [1.165, 1.54) is 0 Å². The molecule has 0 amide bonds. The van der Waals surface area contributed by atoms with Crippen LogP contribution in [0.5, 0.6) is 0 Å². The van der Waals surface area contributed by atoms with Gasteiger partial charge in [0.2, 0.25) is 0 Å². The Balaban J connectivity index is 0. The summed E-state index contributed by atoms with van der Waals surface area (Å²) in [5.41, 5.74) is 0.752. The molecule has 0 fully saturated rings. The van der Waals surface area contributed by atoms with Crippen LogP contribution in [0.2, 0.25) is 0 Å². The van der Waals surface area contributed by atoms with Crippen LogP contribution in [0.15, 0.2) is 30.3 Å². The molecule has 0 aliphatic carbocycles. The normalized spacial score (nSPS) is 10.6. The van der Waals surface area contributed by atoms with Crippen LogP contribution in [0.4, 0.5) is 0 Å². The van der Waals surface area contributed by atoms with Gasteiger partial charge >= 0.3 is 124 Å². The van der Waals surface area contributed by atoms with E-state index < -0.39 is 14.5 Å². The van der Waals surface area contributed by atoms with Crippen LogP contribution in [-0.2, 0) is 14.1 Å². The smallest absolute Gasteiger partial charge is 1.00 e. The summed E-state index contributed by atoms with van der Waals surface area (Å²) in [6, 6.07) is 8.87. The van der Waals surface area contributed by atoms with E-state index in [1.54, 1.807) is 24.3 Å². The number of benzene rings is 1. The quantitative estimate of drug-likeness (QED) is 0.582. The molecule has 0 unspecified atom stereocenters.